The average Bonchev–Trinajstić information content (AvgIpc) is 3.34. The Morgan fingerprint density at radius 1 is 1.05 bits per heavy atom. The quantitative estimate of drug-likeness (QED) is 0.207. The highest BCUT2D eigenvalue weighted by molar-refractivity contribution is 5.88. The number of aliphatic carboxylic acids is 1. The standard InChI is InChI=1S/C27H24N4O8/c1-30(27(35)39-21-12-10-20(11-13-21)31(36)37)19-8-6-17(7-9-19)16-38-26(34)29-24(25(32)33)14-18-15-28-23-5-3-2-4-22(18)23/h2-13,15,24,28H,14,16H2,1H3,(H,29,34)(H,32,33). The van der Waals surface area contributed by atoms with Crippen molar-refractivity contribution in [3.63, 3.8) is 0 Å². The van der Waals surface area contributed by atoms with Crippen LogP contribution in [0, 0.1) is 10.1 Å². The van der Waals surface area contributed by atoms with E-state index in [0.29, 0.717) is 11.3 Å². The number of anilines is 1. The number of carbonyl (C=O) groups excluding carboxylic acids is 2. The van der Waals surface area contributed by atoms with E-state index in [-0.39, 0.29) is 24.5 Å². The number of nitro groups is 1. The fraction of sp³-hybridized carbons (Fsp3) is 0.148. The van der Waals surface area contributed by atoms with Gasteiger partial charge in [0.15, 0.2) is 0 Å². The maximum absolute atomic E-state index is 12.4. The van der Waals surface area contributed by atoms with E-state index in [9.17, 15) is 29.6 Å². The lowest BCUT2D eigenvalue weighted by atomic mass is 10.1. The molecule has 12 nitrogen and oxygen atoms in total. The molecule has 0 aliphatic rings. The van der Waals surface area contributed by atoms with Gasteiger partial charge in [-0.05, 0) is 41.5 Å². The lowest BCUT2D eigenvalue weighted by molar-refractivity contribution is -0.384. The number of carbonyl (C=O) groups is 3. The van der Waals surface area contributed by atoms with E-state index in [1.165, 1.54) is 36.2 Å². The lowest BCUT2D eigenvalue weighted by Gasteiger charge is -2.17. The van der Waals surface area contributed by atoms with Gasteiger partial charge in [-0.3, -0.25) is 15.0 Å². The van der Waals surface area contributed by atoms with Crippen molar-refractivity contribution in [2.75, 3.05) is 11.9 Å². The number of ether oxygens (including phenoxy) is 2. The molecular formula is C27H24N4O8. The molecule has 1 atom stereocenters. The second-order valence-electron chi connectivity index (χ2n) is 8.52. The molecule has 0 fully saturated rings. The molecule has 12 heteroatoms. The zero-order chi connectivity index (χ0) is 27.9. The summed E-state index contributed by atoms with van der Waals surface area (Å²) in [5.41, 5.74) is 2.59. The maximum Gasteiger partial charge on any atom is 0.419 e. The van der Waals surface area contributed by atoms with Crippen molar-refractivity contribution in [3.8, 4) is 5.75 Å². The van der Waals surface area contributed by atoms with Crippen LogP contribution in [-0.2, 0) is 22.6 Å². The molecule has 0 radical (unpaired) electrons. The number of hydrogen-bond acceptors (Lipinski definition) is 7. The van der Waals surface area contributed by atoms with Crippen LogP contribution in [0.25, 0.3) is 10.9 Å². The second-order valence-corrected chi connectivity index (χ2v) is 8.52. The molecule has 0 spiro atoms. The van der Waals surface area contributed by atoms with Crippen molar-refractivity contribution in [1.82, 2.24) is 10.3 Å². The molecule has 1 heterocycles. The summed E-state index contributed by atoms with van der Waals surface area (Å²) < 4.78 is 10.4. The molecule has 0 aliphatic carbocycles. The van der Waals surface area contributed by atoms with Crippen molar-refractivity contribution in [2.24, 2.45) is 0 Å². The number of carboxylic acids is 1. The summed E-state index contributed by atoms with van der Waals surface area (Å²) in [6.07, 6.45) is 0.205. The fourth-order valence-electron chi connectivity index (χ4n) is 3.78. The number of alkyl carbamates (subject to hydrolysis) is 1. The normalized spacial score (nSPS) is 11.4. The van der Waals surface area contributed by atoms with Crippen LogP contribution < -0.4 is 15.0 Å². The number of amides is 2. The summed E-state index contributed by atoms with van der Waals surface area (Å²) in [5.74, 6) is -1.04. The molecular weight excluding hydrogens is 508 g/mol. The van der Waals surface area contributed by atoms with E-state index in [1.807, 2.05) is 24.3 Å². The van der Waals surface area contributed by atoms with Crippen molar-refractivity contribution < 1.29 is 33.9 Å². The summed E-state index contributed by atoms with van der Waals surface area (Å²) in [5, 5.41) is 23.6. The first-order valence-electron chi connectivity index (χ1n) is 11.7. The minimum Gasteiger partial charge on any atom is -0.480 e. The zero-order valence-corrected chi connectivity index (χ0v) is 20.7. The van der Waals surface area contributed by atoms with Gasteiger partial charge >= 0.3 is 18.2 Å². The van der Waals surface area contributed by atoms with Crippen LogP contribution in [0.4, 0.5) is 21.0 Å². The predicted molar refractivity (Wildman–Crippen MR) is 141 cm³/mol. The summed E-state index contributed by atoms with van der Waals surface area (Å²) in [6.45, 7) is -0.123. The number of hydrogen-bond donors (Lipinski definition) is 3. The molecule has 0 bridgehead atoms. The molecule has 3 aromatic carbocycles. The molecule has 39 heavy (non-hydrogen) atoms. The Hall–Kier alpha value is -5.39. The van der Waals surface area contributed by atoms with Crippen LogP contribution in [0.5, 0.6) is 5.75 Å². The van der Waals surface area contributed by atoms with Gasteiger partial charge in [0, 0.05) is 48.4 Å². The van der Waals surface area contributed by atoms with Gasteiger partial charge in [-0.25, -0.2) is 14.4 Å². The molecule has 0 saturated heterocycles. The largest absolute Gasteiger partial charge is 0.480 e. The Balaban J connectivity index is 1.29. The van der Waals surface area contributed by atoms with Gasteiger partial charge in [-0.2, -0.15) is 0 Å². The molecule has 4 aromatic rings. The van der Waals surface area contributed by atoms with Crippen molar-refractivity contribution in [3.05, 3.63) is 100 Å². The van der Waals surface area contributed by atoms with Crippen LogP contribution in [0.15, 0.2) is 79.0 Å². The number of H-pyrrole nitrogens is 1. The average molecular weight is 533 g/mol. The molecule has 2 amide bonds. The van der Waals surface area contributed by atoms with Gasteiger partial charge in [-0.1, -0.05) is 30.3 Å². The third-order valence-electron chi connectivity index (χ3n) is 5.91. The number of para-hydroxylation sites is 1. The monoisotopic (exact) mass is 532 g/mol. The number of benzene rings is 3. The Morgan fingerprint density at radius 2 is 1.74 bits per heavy atom. The minimum absolute atomic E-state index is 0.0749. The number of fused-ring (bicyclic) bond motifs is 1. The maximum atomic E-state index is 12.4. The van der Waals surface area contributed by atoms with Crippen LogP contribution in [0.1, 0.15) is 11.1 Å². The third-order valence-corrected chi connectivity index (χ3v) is 5.91. The Morgan fingerprint density at radius 3 is 2.41 bits per heavy atom. The molecule has 1 unspecified atom stereocenters. The Labute approximate surface area is 221 Å². The van der Waals surface area contributed by atoms with Crippen LogP contribution in [-0.4, -0.2) is 46.3 Å². The first-order chi connectivity index (χ1) is 18.7. The summed E-state index contributed by atoms with van der Waals surface area (Å²) in [7, 11) is 1.49. The summed E-state index contributed by atoms with van der Waals surface area (Å²) >= 11 is 0. The van der Waals surface area contributed by atoms with Gasteiger partial charge in [0.1, 0.15) is 18.4 Å². The molecule has 1 aromatic heterocycles. The second kappa shape index (κ2) is 11.8. The van der Waals surface area contributed by atoms with Gasteiger partial charge < -0.3 is 24.9 Å². The lowest BCUT2D eigenvalue weighted by Crippen LogP contribution is -2.42. The van der Waals surface area contributed by atoms with E-state index < -0.39 is 29.1 Å². The van der Waals surface area contributed by atoms with Crippen molar-refractivity contribution in [2.45, 2.75) is 19.1 Å². The molecule has 0 aliphatic heterocycles. The smallest absolute Gasteiger partial charge is 0.419 e. The number of nitrogens with zero attached hydrogens (tertiary/aromatic N) is 2. The van der Waals surface area contributed by atoms with E-state index >= 15 is 0 Å². The molecule has 4 rings (SSSR count). The third kappa shape index (κ3) is 6.68. The highest BCUT2D eigenvalue weighted by Crippen LogP contribution is 2.21. The minimum atomic E-state index is -1.19. The fourth-order valence-corrected chi connectivity index (χ4v) is 3.78. The molecule has 200 valence electrons. The van der Waals surface area contributed by atoms with Crippen LogP contribution >= 0.6 is 0 Å². The van der Waals surface area contributed by atoms with Gasteiger partial charge in [0.05, 0.1) is 4.92 Å². The first-order valence-corrected chi connectivity index (χ1v) is 11.7. The highest BCUT2D eigenvalue weighted by atomic mass is 16.6. The summed E-state index contributed by atoms with van der Waals surface area (Å²) in [6, 6.07) is 17.9. The number of aromatic nitrogens is 1. The van der Waals surface area contributed by atoms with Gasteiger partial charge in [0.2, 0.25) is 0 Å². The number of rotatable bonds is 9. The molecule has 3 N–H and O–H groups in total. The van der Waals surface area contributed by atoms with E-state index in [2.05, 4.69) is 10.3 Å². The van der Waals surface area contributed by atoms with Crippen LogP contribution in [0.2, 0.25) is 0 Å². The number of nitro benzene ring substituents is 1. The van der Waals surface area contributed by atoms with E-state index in [4.69, 9.17) is 9.47 Å². The van der Waals surface area contributed by atoms with Crippen molar-refractivity contribution >= 4 is 40.4 Å². The number of nitrogens with one attached hydrogen (secondary N) is 2. The van der Waals surface area contributed by atoms with Gasteiger partial charge in [0.25, 0.3) is 5.69 Å². The molecule has 0 saturated carbocycles. The van der Waals surface area contributed by atoms with Gasteiger partial charge in [-0.15, -0.1) is 0 Å². The Bertz CT molecular complexity index is 1500. The van der Waals surface area contributed by atoms with Crippen molar-refractivity contribution in [1.29, 1.82) is 0 Å². The number of aromatic amines is 1. The SMILES string of the molecule is CN(C(=O)Oc1ccc([N+](=O)[O-])cc1)c1ccc(COC(=O)NC(Cc2c[nH]c3ccccc23)C(=O)O)cc1. The van der Waals surface area contributed by atoms with E-state index in [0.717, 1.165) is 16.5 Å². The number of carboxylic acid groups (broad SMARTS) is 1. The highest BCUT2D eigenvalue weighted by Gasteiger charge is 2.23. The number of non-ortho nitro benzene ring substituents is 1. The summed E-state index contributed by atoms with van der Waals surface area (Å²) in [4.78, 5) is 51.0. The zero-order valence-electron chi connectivity index (χ0n) is 20.7. The predicted octanol–water partition coefficient (Wildman–Crippen LogP) is 4.63. The topological polar surface area (TPSA) is 164 Å². The Kier molecular flexibility index (Phi) is 8.05. The first kappa shape index (κ1) is 26.7. The van der Waals surface area contributed by atoms with Crippen LogP contribution in [0.3, 0.4) is 0 Å². The van der Waals surface area contributed by atoms with E-state index in [1.54, 1.807) is 30.5 Å².